The van der Waals surface area contributed by atoms with E-state index in [1.807, 2.05) is 39.0 Å². The number of aromatic nitrogens is 2. The van der Waals surface area contributed by atoms with Crippen LogP contribution in [-0.4, -0.2) is 27.9 Å². The van der Waals surface area contributed by atoms with Crippen LogP contribution in [0.3, 0.4) is 0 Å². The van der Waals surface area contributed by atoms with Crippen molar-refractivity contribution >= 4 is 39.8 Å². The second-order valence-corrected chi connectivity index (χ2v) is 7.51. The summed E-state index contributed by atoms with van der Waals surface area (Å²) in [4.78, 5) is 12.0. The van der Waals surface area contributed by atoms with Crippen LogP contribution in [0.5, 0.6) is 0 Å². The Morgan fingerprint density at radius 3 is 2.73 bits per heavy atom. The van der Waals surface area contributed by atoms with Crippen LogP contribution in [0.25, 0.3) is 0 Å². The van der Waals surface area contributed by atoms with E-state index in [-0.39, 0.29) is 5.91 Å². The topological polar surface area (TPSA) is 66.9 Å². The van der Waals surface area contributed by atoms with Crippen LogP contribution in [-0.2, 0) is 4.79 Å². The van der Waals surface area contributed by atoms with Crippen molar-refractivity contribution < 1.29 is 4.79 Å². The summed E-state index contributed by atoms with van der Waals surface area (Å²) in [6.07, 6.45) is 0. The first-order chi connectivity index (χ1) is 10.4. The van der Waals surface area contributed by atoms with Crippen LogP contribution < -0.4 is 10.6 Å². The Morgan fingerprint density at radius 1 is 1.27 bits per heavy atom. The average Bonchev–Trinajstić information content (AvgIpc) is 2.87. The molecule has 22 heavy (non-hydrogen) atoms. The molecule has 0 bridgehead atoms. The molecule has 0 atom stereocenters. The van der Waals surface area contributed by atoms with Crippen LogP contribution in [0.4, 0.5) is 10.8 Å². The number of anilines is 2. The molecule has 1 amide bonds. The monoisotopic (exact) mass is 336 g/mol. The fraction of sp³-hybridized carbons (Fsp3) is 0.400. The molecule has 1 aromatic heterocycles. The van der Waals surface area contributed by atoms with Crippen LogP contribution in [0.15, 0.2) is 22.5 Å². The summed E-state index contributed by atoms with van der Waals surface area (Å²) in [5.74, 6) is 0.283. The molecule has 1 aromatic carbocycles. The lowest BCUT2D eigenvalue weighted by Crippen LogP contribution is -2.14. The Kier molecular flexibility index (Phi) is 5.79. The van der Waals surface area contributed by atoms with Gasteiger partial charge in [-0.3, -0.25) is 4.79 Å². The third-order valence-corrected chi connectivity index (χ3v) is 4.92. The highest BCUT2D eigenvalue weighted by Crippen LogP contribution is 2.26. The number of hydrogen-bond acceptors (Lipinski definition) is 6. The third-order valence-electron chi connectivity index (χ3n) is 2.94. The van der Waals surface area contributed by atoms with E-state index in [1.54, 1.807) is 0 Å². The molecular formula is C15H20N4OS2. The lowest BCUT2D eigenvalue weighted by molar-refractivity contribution is -0.113. The minimum absolute atomic E-state index is 0.0400. The standard InChI is InChI=1S/C15H20N4OS2/c1-9(2)16-14-18-19-15(22-14)21-8-13(20)17-12-6-5-10(3)11(4)7-12/h5-7,9H,8H2,1-4H3,(H,16,18)(H,17,20). The molecule has 2 N–H and O–H groups in total. The molecule has 0 spiro atoms. The summed E-state index contributed by atoms with van der Waals surface area (Å²) in [5, 5.41) is 15.0. The second-order valence-electron chi connectivity index (χ2n) is 5.31. The van der Waals surface area contributed by atoms with Crippen LogP contribution >= 0.6 is 23.1 Å². The zero-order chi connectivity index (χ0) is 16.1. The molecule has 0 radical (unpaired) electrons. The van der Waals surface area contributed by atoms with Gasteiger partial charge in [0.2, 0.25) is 11.0 Å². The van der Waals surface area contributed by atoms with Gasteiger partial charge < -0.3 is 10.6 Å². The number of aryl methyl sites for hydroxylation is 2. The molecule has 5 nitrogen and oxygen atoms in total. The van der Waals surface area contributed by atoms with E-state index in [1.165, 1.54) is 34.2 Å². The van der Waals surface area contributed by atoms with E-state index in [4.69, 9.17) is 0 Å². The fourth-order valence-corrected chi connectivity index (χ4v) is 3.41. The van der Waals surface area contributed by atoms with Gasteiger partial charge in [0.1, 0.15) is 0 Å². The third kappa shape index (κ3) is 4.99. The highest BCUT2D eigenvalue weighted by Gasteiger charge is 2.09. The Bertz CT molecular complexity index is 655. The van der Waals surface area contributed by atoms with Crippen molar-refractivity contribution in [3.05, 3.63) is 29.3 Å². The lowest BCUT2D eigenvalue weighted by atomic mass is 10.1. The van der Waals surface area contributed by atoms with Crippen molar-refractivity contribution in [3.8, 4) is 0 Å². The van der Waals surface area contributed by atoms with Gasteiger partial charge in [-0.1, -0.05) is 29.2 Å². The Hall–Kier alpha value is -1.60. The summed E-state index contributed by atoms with van der Waals surface area (Å²) in [7, 11) is 0. The van der Waals surface area contributed by atoms with Gasteiger partial charge in [-0.2, -0.15) is 0 Å². The van der Waals surface area contributed by atoms with Gasteiger partial charge in [0.25, 0.3) is 0 Å². The van der Waals surface area contributed by atoms with Gasteiger partial charge >= 0.3 is 0 Å². The van der Waals surface area contributed by atoms with E-state index in [0.29, 0.717) is 11.8 Å². The molecule has 0 aliphatic heterocycles. The molecule has 7 heteroatoms. The molecule has 0 unspecified atom stereocenters. The maximum absolute atomic E-state index is 12.0. The Morgan fingerprint density at radius 2 is 2.05 bits per heavy atom. The number of carbonyl (C=O) groups excluding carboxylic acids is 1. The van der Waals surface area contributed by atoms with Crippen molar-refractivity contribution in [1.82, 2.24) is 10.2 Å². The normalized spacial score (nSPS) is 10.8. The first-order valence-corrected chi connectivity index (χ1v) is 8.84. The molecule has 1 heterocycles. The number of hydrogen-bond donors (Lipinski definition) is 2. The van der Waals surface area contributed by atoms with E-state index in [9.17, 15) is 4.79 Å². The molecule has 0 aliphatic rings. The smallest absolute Gasteiger partial charge is 0.234 e. The zero-order valence-corrected chi connectivity index (χ0v) is 14.8. The summed E-state index contributed by atoms with van der Waals surface area (Å²) < 4.78 is 0.790. The average molecular weight is 336 g/mol. The van der Waals surface area contributed by atoms with Gasteiger partial charge in [0.05, 0.1) is 5.75 Å². The summed E-state index contributed by atoms with van der Waals surface area (Å²) in [6.45, 7) is 8.18. The molecule has 118 valence electrons. The van der Waals surface area contributed by atoms with Gasteiger partial charge in [-0.05, 0) is 51.0 Å². The van der Waals surface area contributed by atoms with Gasteiger partial charge in [-0.15, -0.1) is 10.2 Å². The molecule has 0 aliphatic carbocycles. The van der Waals surface area contributed by atoms with Gasteiger partial charge in [0, 0.05) is 11.7 Å². The maximum Gasteiger partial charge on any atom is 0.234 e. The number of amides is 1. The van der Waals surface area contributed by atoms with E-state index in [2.05, 4.69) is 27.8 Å². The highest BCUT2D eigenvalue weighted by molar-refractivity contribution is 8.01. The fourth-order valence-electron chi connectivity index (χ4n) is 1.72. The van der Waals surface area contributed by atoms with Crippen LogP contribution in [0.1, 0.15) is 25.0 Å². The predicted octanol–water partition coefficient (Wildman–Crippen LogP) is 3.71. The quantitative estimate of drug-likeness (QED) is 0.787. The van der Waals surface area contributed by atoms with Gasteiger partial charge in [-0.25, -0.2) is 0 Å². The molecular weight excluding hydrogens is 316 g/mol. The summed E-state index contributed by atoms with van der Waals surface area (Å²) in [5.41, 5.74) is 3.21. The minimum atomic E-state index is -0.0400. The maximum atomic E-state index is 12.0. The number of carbonyl (C=O) groups is 1. The SMILES string of the molecule is Cc1ccc(NC(=O)CSc2nnc(NC(C)C)s2)cc1C. The van der Waals surface area contributed by atoms with Crippen LogP contribution in [0.2, 0.25) is 0 Å². The van der Waals surface area contributed by atoms with E-state index < -0.39 is 0 Å². The largest absolute Gasteiger partial charge is 0.358 e. The summed E-state index contributed by atoms with van der Waals surface area (Å²) >= 11 is 2.86. The van der Waals surface area contributed by atoms with Crippen LogP contribution in [0, 0.1) is 13.8 Å². The molecule has 2 rings (SSSR count). The predicted molar refractivity (Wildman–Crippen MR) is 93.9 cm³/mol. The first kappa shape index (κ1) is 16.8. The van der Waals surface area contributed by atoms with Crippen molar-refractivity contribution in [2.75, 3.05) is 16.4 Å². The number of thioether (sulfide) groups is 1. The van der Waals surface area contributed by atoms with Crippen molar-refractivity contribution in [2.45, 2.75) is 38.1 Å². The van der Waals surface area contributed by atoms with Crippen molar-refractivity contribution in [3.63, 3.8) is 0 Å². The molecule has 0 saturated heterocycles. The number of nitrogens with zero attached hydrogens (tertiary/aromatic N) is 2. The lowest BCUT2D eigenvalue weighted by Gasteiger charge is -2.06. The Labute approximate surface area is 138 Å². The molecule has 2 aromatic rings. The van der Waals surface area contributed by atoms with E-state index in [0.717, 1.165) is 15.2 Å². The number of benzene rings is 1. The molecule has 0 fully saturated rings. The Balaban J connectivity index is 1.84. The first-order valence-electron chi connectivity index (χ1n) is 7.04. The van der Waals surface area contributed by atoms with E-state index >= 15 is 0 Å². The highest BCUT2D eigenvalue weighted by atomic mass is 32.2. The molecule has 0 saturated carbocycles. The number of nitrogens with one attached hydrogen (secondary N) is 2. The van der Waals surface area contributed by atoms with Gasteiger partial charge in [0.15, 0.2) is 4.34 Å². The number of rotatable bonds is 6. The summed E-state index contributed by atoms with van der Waals surface area (Å²) in [6, 6.07) is 6.22. The van der Waals surface area contributed by atoms with Crippen molar-refractivity contribution in [1.29, 1.82) is 0 Å². The second kappa shape index (κ2) is 7.60. The zero-order valence-electron chi connectivity index (χ0n) is 13.1. The van der Waals surface area contributed by atoms with Crippen molar-refractivity contribution in [2.24, 2.45) is 0 Å². The minimum Gasteiger partial charge on any atom is -0.358 e.